The van der Waals surface area contributed by atoms with Crippen LogP contribution in [-0.4, -0.2) is 32.3 Å². The maximum atomic E-state index is 13.3. The van der Waals surface area contributed by atoms with E-state index in [1.165, 1.54) is 0 Å². The molecule has 33 heavy (non-hydrogen) atoms. The van der Waals surface area contributed by atoms with Gasteiger partial charge in [0.25, 0.3) is 5.91 Å². The van der Waals surface area contributed by atoms with E-state index in [4.69, 9.17) is 27.1 Å². The van der Waals surface area contributed by atoms with Crippen molar-refractivity contribution in [3.8, 4) is 36.2 Å². The maximum absolute atomic E-state index is 13.3. The zero-order valence-corrected chi connectivity index (χ0v) is 20.3. The molecule has 1 fully saturated rings. The van der Waals surface area contributed by atoms with Gasteiger partial charge in [0.05, 0.1) is 7.11 Å². The predicted molar refractivity (Wildman–Crippen MR) is 132 cm³/mol. The Morgan fingerprint density at radius 2 is 1.82 bits per heavy atom. The first kappa shape index (κ1) is 24.7. The highest BCUT2D eigenvalue weighted by molar-refractivity contribution is 9.10. The molecule has 2 aromatic carbocycles. The number of nitrogens with one attached hydrogen (secondary N) is 1. The first-order chi connectivity index (χ1) is 16.1. The van der Waals surface area contributed by atoms with Crippen LogP contribution in [0.5, 0.6) is 11.5 Å². The summed E-state index contributed by atoms with van der Waals surface area (Å²) < 4.78 is 17.8. The average Bonchev–Trinajstić information content (AvgIpc) is 2.84. The molecule has 2 aromatic rings. The summed E-state index contributed by atoms with van der Waals surface area (Å²) in [5.41, 5.74) is 1.85. The average molecular weight is 510 g/mol. The summed E-state index contributed by atoms with van der Waals surface area (Å²) in [5, 5.41) is 3.23. The molecular weight excluding hydrogens is 482 g/mol. The molecule has 1 amide bonds. The van der Waals surface area contributed by atoms with Crippen LogP contribution in [0.25, 0.3) is 0 Å². The molecule has 172 valence electrons. The summed E-state index contributed by atoms with van der Waals surface area (Å²) in [6.45, 7) is 0.228. The normalized spacial score (nSPS) is 18.4. The van der Waals surface area contributed by atoms with Crippen LogP contribution in [0.1, 0.15) is 48.8 Å². The Morgan fingerprint density at radius 1 is 1.09 bits per heavy atom. The third-order valence-corrected chi connectivity index (χ3v) is 6.29. The highest BCUT2D eigenvalue weighted by atomic mass is 79.9. The van der Waals surface area contributed by atoms with E-state index in [1.54, 1.807) is 7.11 Å². The van der Waals surface area contributed by atoms with Gasteiger partial charge in [-0.25, -0.2) is 0 Å². The largest absolute Gasteiger partial charge is 0.493 e. The number of halogens is 1. The molecule has 1 saturated carbocycles. The van der Waals surface area contributed by atoms with E-state index in [2.05, 4.69) is 33.1 Å². The standard InChI is InChI=1S/C27H28BrNO4/c1-4-16-32-24-15-12-20(18-25(24)31-3)22-8-6-7-9-23(22)29-27(30)26(33-17-5-2)19-10-13-21(28)14-11-19/h1-2,10-15,18,22-23,26H,6-9,16-17H2,3H3,(H,29,30). The highest BCUT2D eigenvalue weighted by Crippen LogP contribution is 2.38. The molecule has 0 aromatic heterocycles. The van der Waals surface area contributed by atoms with Crippen molar-refractivity contribution in [3.63, 3.8) is 0 Å². The summed E-state index contributed by atoms with van der Waals surface area (Å²) in [7, 11) is 1.60. The molecule has 1 N–H and O–H groups in total. The van der Waals surface area contributed by atoms with Crippen molar-refractivity contribution < 1.29 is 19.0 Å². The van der Waals surface area contributed by atoms with E-state index in [0.717, 1.165) is 41.3 Å². The summed E-state index contributed by atoms with van der Waals surface area (Å²) in [4.78, 5) is 13.3. The molecule has 3 unspecified atom stereocenters. The van der Waals surface area contributed by atoms with Crippen molar-refractivity contribution in [3.05, 3.63) is 58.1 Å². The molecule has 0 radical (unpaired) electrons. The SMILES string of the molecule is C#CCOc1ccc(C2CCCCC2NC(=O)C(OCC#C)c2ccc(Br)cc2)cc1OC. The fraction of sp³-hybridized carbons (Fsp3) is 0.370. The van der Waals surface area contributed by atoms with Crippen LogP contribution < -0.4 is 14.8 Å². The van der Waals surface area contributed by atoms with Crippen LogP contribution in [0, 0.1) is 24.7 Å². The van der Waals surface area contributed by atoms with Gasteiger partial charge in [-0.15, -0.1) is 12.8 Å². The lowest BCUT2D eigenvalue weighted by molar-refractivity contribution is -0.133. The molecule has 6 heteroatoms. The van der Waals surface area contributed by atoms with E-state index >= 15 is 0 Å². The van der Waals surface area contributed by atoms with Crippen molar-refractivity contribution in [2.24, 2.45) is 0 Å². The number of hydrogen-bond donors (Lipinski definition) is 1. The fourth-order valence-electron chi connectivity index (χ4n) is 4.21. The molecule has 3 rings (SSSR count). The lowest BCUT2D eigenvalue weighted by Gasteiger charge is -2.34. The van der Waals surface area contributed by atoms with Crippen LogP contribution >= 0.6 is 15.9 Å². The molecule has 0 bridgehead atoms. The van der Waals surface area contributed by atoms with Crippen LogP contribution in [-0.2, 0) is 9.53 Å². The molecule has 1 aliphatic rings. The van der Waals surface area contributed by atoms with E-state index in [0.29, 0.717) is 11.5 Å². The maximum Gasteiger partial charge on any atom is 0.254 e. The van der Waals surface area contributed by atoms with Crippen LogP contribution in [0.15, 0.2) is 46.9 Å². The molecule has 0 aliphatic heterocycles. The molecule has 0 saturated heterocycles. The Balaban J connectivity index is 1.80. The number of ether oxygens (including phenoxy) is 3. The van der Waals surface area contributed by atoms with Crippen molar-refractivity contribution in [2.45, 2.75) is 43.7 Å². The summed E-state index contributed by atoms with van der Waals surface area (Å²) in [6, 6.07) is 13.3. The van der Waals surface area contributed by atoms with Gasteiger partial charge in [-0.05, 0) is 48.2 Å². The van der Waals surface area contributed by atoms with Gasteiger partial charge in [0, 0.05) is 16.4 Å². The Labute approximate surface area is 204 Å². The molecular formula is C27H28BrNO4. The minimum absolute atomic E-state index is 0.0270. The topological polar surface area (TPSA) is 56.8 Å². The quantitative estimate of drug-likeness (QED) is 0.483. The molecule has 3 atom stereocenters. The number of terminal acetylenes is 2. The first-order valence-electron chi connectivity index (χ1n) is 10.9. The van der Waals surface area contributed by atoms with Gasteiger partial charge in [0.2, 0.25) is 0 Å². The summed E-state index contributed by atoms with van der Waals surface area (Å²) in [5.74, 6) is 6.11. The fourth-order valence-corrected chi connectivity index (χ4v) is 4.47. The third-order valence-electron chi connectivity index (χ3n) is 5.76. The van der Waals surface area contributed by atoms with Crippen LogP contribution in [0.3, 0.4) is 0 Å². The molecule has 5 nitrogen and oxygen atoms in total. The Kier molecular flexibility index (Phi) is 9.24. The zero-order chi connectivity index (χ0) is 23.6. The van der Waals surface area contributed by atoms with Crippen LogP contribution in [0.2, 0.25) is 0 Å². The number of methoxy groups -OCH3 is 1. The van der Waals surface area contributed by atoms with E-state index < -0.39 is 6.10 Å². The van der Waals surface area contributed by atoms with Gasteiger partial charge >= 0.3 is 0 Å². The monoisotopic (exact) mass is 509 g/mol. The third kappa shape index (κ3) is 6.54. The smallest absolute Gasteiger partial charge is 0.254 e. The number of carbonyl (C=O) groups excluding carboxylic acids is 1. The van der Waals surface area contributed by atoms with Gasteiger partial charge in [0.15, 0.2) is 17.6 Å². The van der Waals surface area contributed by atoms with Gasteiger partial charge in [-0.2, -0.15) is 0 Å². The lowest BCUT2D eigenvalue weighted by Crippen LogP contribution is -2.43. The van der Waals surface area contributed by atoms with Gasteiger partial charge in [0.1, 0.15) is 13.2 Å². The van der Waals surface area contributed by atoms with Gasteiger partial charge in [-0.3, -0.25) is 4.79 Å². The number of carbonyl (C=O) groups is 1. The molecule has 0 spiro atoms. The number of rotatable bonds is 9. The Bertz CT molecular complexity index is 1020. The minimum Gasteiger partial charge on any atom is -0.493 e. The number of benzene rings is 2. The first-order valence-corrected chi connectivity index (χ1v) is 11.7. The van der Waals surface area contributed by atoms with E-state index in [1.807, 2.05) is 42.5 Å². The number of amides is 1. The predicted octanol–water partition coefficient (Wildman–Crippen LogP) is 5.00. The lowest BCUT2D eigenvalue weighted by atomic mass is 9.79. The zero-order valence-electron chi connectivity index (χ0n) is 18.7. The van der Waals surface area contributed by atoms with Gasteiger partial charge in [-0.1, -0.05) is 58.8 Å². The highest BCUT2D eigenvalue weighted by Gasteiger charge is 2.31. The summed E-state index contributed by atoms with van der Waals surface area (Å²) in [6.07, 6.45) is 13.9. The number of hydrogen-bond acceptors (Lipinski definition) is 4. The van der Waals surface area contributed by atoms with Crippen molar-refractivity contribution in [1.29, 1.82) is 0 Å². The van der Waals surface area contributed by atoms with Crippen molar-refractivity contribution >= 4 is 21.8 Å². The summed E-state index contributed by atoms with van der Waals surface area (Å²) >= 11 is 3.43. The van der Waals surface area contributed by atoms with Gasteiger partial charge < -0.3 is 19.5 Å². The van der Waals surface area contributed by atoms with E-state index in [9.17, 15) is 4.79 Å². The van der Waals surface area contributed by atoms with Crippen molar-refractivity contribution in [1.82, 2.24) is 5.32 Å². The van der Waals surface area contributed by atoms with E-state index in [-0.39, 0.29) is 31.1 Å². The second-order valence-corrected chi connectivity index (χ2v) is 8.77. The molecule has 1 aliphatic carbocycles. The second kappa shape index (κ2) is 12.3. The molecule has 0 heterocycles. The Hall–Kier alpha value is -2.93. The van der Waals surface area contributed by atoms with Crippen LogP contribution in [0.4, 0.5) is 0 Å². The Morgan fingerprint density at radius 3 is 2.52 bits per heavy atom. The minimum atomic E-state index is -0.772. The van der Waals surface area contributed by atoms with Crippen molar-refractivity contribution in [2.75, 3.05) is 20.3 Å². The second-order valence-electron chi connectivity index (χ2n) is 7.86.